The van der Waals surface area contributed by atoms with Crippen LogP contribution in [0.1, 0.15) is 11.1 Å². The molecule has 0 N–H and O–H groups in total. The maximum Gasteiger partial charge on any atom is 0.148 e. The monoisotopic (exact) mass is 234 g/mol. The van der Waals surface area contributed by atoms with Gasteiger partial charge in [0.15, 0.2) is 0 Å². The molecule has 0 atom stereocenters. The summed E-state index contributed by atoms with van der Waals surface area (Å²) >= 11 is 0. The van der Waals surface area contributed by atoms with Crippen molar-refractivity contribution in [1.82, 2.24) is 0 Å². The molecule has 0 aliphatic heterocycles. The first kappa shape index (κ1) is 12.0. The SMILES string of the molecule is C#CCOc1ccccc1/C=C/c1ccccc1. The molecule has 2 rings (SSSR count). The summed E-state index contributed by atoms with van der Waals surface area (Å²) in [4.78, 5) is 0. The molecule has 1 nitrogen and oxygen atoms in total. The second kappa shape index (κ2) is 6.32. The molecule has 0 heterocycles. The number of rotatable bonds is 4. The lowest BCUT2D eigenvalue weighted by molar-refractivity contribution is 0.369. The van der Waals surface area contributed by atoms with Crippen LogP contribution in [0.5, 0.6) is 5.75 Å². The van der Waals surface area contributed by atoms with Gasteiger partial charge in [0.05, 0.1) is 0 Å². The van der Waals surface area contributed by atoms with E-state index < -0.39 is 0 Å². The van der Waals surface area contributed by atoms with Crippen molar-refractivity contribution in [3.8, 4) is 18.1 Å². The molecule has 2 aromatic rings. The zero-order chi connectivity index (χ0) is 12.6. The van der Waals surface area contributed by atoms with Gasteiger partial charge >= 0.3 is 0 Å². The Morgan fingerprint density at radius 2 is 1.67 bits per heavy atom. The maximum atomic E-state index is 5.49. The van der Waals surface area contributed by atoms with E-state index in [1.165, 1.54) is 0 Å². The standard InChI is InChI=1S/C17H14O/c1-2-14-18-17-11-7-6-10-16(17)13-12-15-8-4-3-5-9-15/h1,3-13H,14H2/b13-12+. The summed E-state index contributed by atoms with van der Waals surface area (Å²) in [6, 6.07) is 18.0. The van der Waals surface area contributed by atoms with Crippen molar-refractivity contribution in [3.63, 3.8) is 0 Å². The molecule has 0 amide bonds. The highest BCUT2D eigenvalue weighted by Crippen LogP contribution is 2.20. The quantitative estimate of drug-likeness (QED) is 0.576. The number of hydrogen-bond acceptors (Lipinski definition) is 1. The Morgan fingerprint density at radius 1 is 0.944 bits per heavy atom. The average molecular weight is 234 g/mol. The molecule has 0 unspecified atom stereocenters. The Morgan fingerprint density at radius 3 is 2.44 bits per heavy atom. The third-order valence-electron chi connectivity index (χ3n) is 2.48. The Bertz CT molecular complexity index is 562. The van der Waals surface area contributed by atoms with E-state index in [0.29, 0.717) is 0 Å². The van der Waals surface area contributed by atoms with E-state index in [2.05, 4.69) is 24.1 Å². The van der Waals surface area contributed by atoms with Gasteiger partial charge in [-0.2, -0.15) is 0 Å². The highest BCUT2D eigenvalue weighted by molar-refractivity contribution is 5.72. The van der Waals surface area contributed by atoms with Crippen molar-refractivity contribution < 1.29 is 4.74 Å². The fourth-order valence-electron chi connectivity index (χ4n) is 1.62. The van der Waals surface area contributed by atoms with E-state index in [1.54, 1.807) is 0 Å². The Hall–Kier alpha value is -2.46. The Kier molecular flexibility index (Phi) is 4.22. The third-order valence-corrected chi connectivity index (χ3v) is 2.48. The number of ether oxygens (including phenoxy) is 1. The van der Waals surface area contributed by atoms with Crippen LogP contribution >= 0.6 is 0 Å². The lowest BCUT2D eigenvalue weighted by Gasteiger charge is -2.05. The normalized spacial score (nSPS) is 10.2. The van der Waals surface area contributed by atoms with Crippen molar-refractivity contribution in [2.75, 3.05) is 6.61 Å². The smallest absolute Gasteiger partial charge is 0.148 e. The highest BCUT2D eigenvalue weighted by atomic mass is 16.5. The predicted octanol–water partition coefficient (Wildman–Crippen LogP) is 3.87. The molecule has 0 spiro atoms. The largest absolute Gasteiger partial charge is 0.480 e. The van der Waals surface area contributed by atoms with Gasteiger partial charge in [-0.3, -0.25) is 0 Å². The molecule has 88 valence electrons. The number of benzene rings is 2. The predicted molar refractivity (Wildman–Crippen MR) is 76.1 cm³/mol. The zero-order valence-corrected chi connectivity index (χ0v) is 10.0. The first-order valence-electron chi connectivity index (χ1n) is 5.78. The van der Waals surface area contributed by atoms with E-state index in [1.807, 2.05) is 48.5 Å². The molecule has 1 heteroatoms. The minimum atomic E-state index is 0.288. The lowest BCUT2D eigenvalue weighted by Crippen LogP contribution is -1.94. The molecule has 0 radical (unpaired) electrons. The van der Waals surface area contributed by atoms with Crippen LogP contribution in [0.3, 0.4) is 0 Å². The van der Waals surface area contributed by atoms with E-state index in [4.69, 9.17) is 11.2 Å². The van der Waals surface area contributed by atoms with Crippen LogP contribution in [0.15, 0.2) is 54.6 Å². The number of terminal acetylenes is 1. The molecule has 0 saturated heterocycles. The van der Waals surface area contributed by atoms with Crippen molar-refractivity contribution in [1.29, 1.82) is 0 Å². The van der Waals surface area contributed by atoms with Gasteiger partial charge in [0.1, 0.15) is 12.4 Å². The summed E-state index contributed by atoms with van der Waals surface area (Å²) in [6.07, 6.45) is 9.28. The van der Waals surface area contributed by atoms with Crippen molar-refractivity contribution in [2.24, 2.45) is 0 Å². The summed E-state index contributed by atoms with van der Waals surface area (Å²) in [5.41, 5.74) is 2.18. The lowest BCUT2D eigenvalue weighted by atomic mass is 10.1. The second-order valence-electron chi connectivity index (χ2n) is 3.77. The van der Waals surface area contributed by atoms with E-state index in [9.17, 15) is 0 Å². The minimum absolute atomic E-state index is 0.288. The molecule has 2 aromatic carbocycles. The van der Waals surface area contributed by atoms with Crippen LogP contribution < -0.4 is 4.74 Å². The van der Waals surface area contributed by atoms with E-state index >= 15 is 0 Å². The third kappa shape index (κ3) is 3.26. The van der Waals surface area contributed by atoms with Crippen molar-refractivity contribution in [2.45, 2.75) is 0 Å². The van der Waals surface area contributed by atoms with Gasteiger partial charge in [-0.1, -0.05) is 66.6 Å². The van der Waals surface area contributed by atoms with Crippen LogP contribution in [0, 0.1) is 12.3 Å². The summed E-state index contributed by atoms with van der Waals surface area (Å²) in [5, 5.41) is 0. The molecule has 18 heavy (non-hydrogen) atoms. The maximum absolute atomic E-state index is 5.49. The van der Waals surface area contributed by atoms with Gasteiger partial charge < -0.3 is 4.74 Å². The van der Waals surface area contributed by atoms with Gasteiger partial charge in [-0.05, 0) is 11.6 Å². The van der Waals surface area contributed by atoms with Gasteiger partial charge in [0.25, 0.3) is 0 Å². The van der Waals surface area contributed by atoms with Crippen LogP contribution in [-0.4, -0.2) is 6.61 Å². The molecule has 0 aliphatic carbocycles. The fourth-order valence-corrected chi connectivity index (χ4v) is 1.62. The highest BCUT2D eigenvalue weighted by Gasteiger charge is 1.98. The Balaban J connectivity index is 2.19. The molecule has 0 fully saturated rings. The minimum Gasteiger partial charge on any atom is -0.480 e. The average Bonchev–Trinajstić information content (AvgIpc) is 2.45. The summed E-state index contributed by atoms with van der Waals surface area (Å²) in [5.74, 6) is 3.28. The second-order valence-corrected chi connectivity index (χ2v) is 3.77. The molecule has 0 aliphatic rings. The van der Waals surface area contributed by atoms with Crippen molar-refractivity contribution >= 4 is 12.2 Å². The number of para-hydroxylation sites is 1. The van der Waals surface area contributed by atoms with E-state index in [-0.39, 0.29) is 6.61 Å². The Labute approximate surface area is 108 Å². The summed E-state index contributed by atoms with van der Waals surface area (Å²) < 4.78 is 5.49. The van der Waals surface area contributed by atoms with Gasteiger partial charge in [0, 0.05) is 5.56 Å². The first-order chi connectivity index (χ1) is 8.90. The molecular weight excluding hydrogens is 220 g/mol. The van der Waals surface area contributed by atoms with Gasteiger partial charge in [0.2, 0.25) is 0 Å². The van der Waals surface area contributed by atoms with E-state index in [0.717, 1.165) is 16.9 Å². The topological polar surface area (TPSA) is 9.23 Å². The molecule has 0 saturated carbocycles. The van der Waals surface area contributed by atoms with Gasteiger partial charge in [-0.25, -0.2) is 0 Å². The van der Waals surface area contributed by atoms with Crippen LogP contribution in [0.2, 0.25) is 0 Å². The fraction of sp³-hybridized carbons (Fsp3) is 0.0588. The molecular formula is C17H14O. The van der Waals surface area contributed by atoms with Crippen molar-refractivity contribution in [3.05, 3.63) is 65.7 Å². The van der Waals surface area contributed by atoms with Crippen LogP contribution in [0.4, 0.5) is 0 Å². The molecule has 0 bridgehead atoms. The zero-order valence-electron chi connectivity index (χ0n) is 10.0. The number of hydrogen-bond donors (Lipinski definition) is 0. The van der Waals surface area contributed by atoms with Gasteiger partial charge in [-0.15, -0.1) is 6.42 Å². The first-order valence-corrected chi connectivity index (χ1v) is 5.78. The van der Waals surface area contributed by atoms with Crippen LogP contribution in [-0.2, 0) is 0 Å². The summed E-state index contributed by atoms with van der Waals surface area (Å²) in [7, 11) is 0. The van der Waals surface area contributed by atoms with Crippen LogP contribution in [0.25, 0.3) is 12.2 Å². The summed E-state index contributed by atoms with van der Waals surface area (Å²) in [6.45, 7) is 0.288. The molecule has 0 aromatic heterocycles.